The number of aromatic nitrogens is 1. The Morgan fingerprint density at radius 2 is 2.05 bits per heavy atom. The predicted molar refractivity (Wildman–Crippen MR) is 82.6 cm³/mol. The van der Waals surface area contributed by atoms with Crippen molar-refractivity contribution >= 4 is 11.6 Å². The van der Waals surface area contributed by atoms with Gasteiger partial charge in [-0.2, -0.15) is 0 Å². The Morgan fingerprint density at radius 1 is 1.29 bits per heavy atom. The Morgan fingerprint density at radius 3 is 2.67 bits per heavy atom. The smallest absolute Gasteiger partial charge is 0.219 e. The average molecular weight is 309 g/mol. The van der Waals surface area contributed by atoms with E-state index in [2.05, 4.69) is 24.1 Å². The molecule has 1 aromatic carbocycles. The summed E-state index contributed by atoms with van der Waals surface area (Å²) < 4.78 is 19.1. The van der Waals surface area contributed by atoms with Crippen molar-refractivity contribution in [3.05, 3.63) is 52.4 Å². The van der Waals surface area contributed by atoms with E-state index < -0.39 is 5.82 Å². The fourth-order valence-corrected chi connectivity index (χ4v) is 2.01. The van der Waals surface area contributed by atoms with Gasteiger partial charge in [-0.3, -0.25) is 0 Å². The molecule has 0 bridgehead atoms. The molecule has 1 N–H and O–H groups in total. The van der Waals surface area contributed by atoms with E-state index >= 15 is 0 Å². The lowest BCUT2D eigenvalue weighted by Gasteiger charge is -2.12. The maximum atomic E-state index is 13.4. The van der Waals surface area contributed by atoms with Crippen molar-refractivity contribution in [1.29, 1.82) is 0 Å². The van der Waals surface area contributed by atoms with E-state index in [1.807, 2.05) is 19.2 Å². The Labute approximate surface area is 129 Å². The molecule has 1 heterocycles. The van der Waals surface area contributed by atoms with Crippen molar-refractivity contribution in [2.24, 2.45) is 0 Å². The van der Waals surface area contributed by atoms with Crippen LogP contribution in [0.4, 0.5) is 4.39 Å². The molecule has 21 heavy (non-hydrogen) atoms. The maximum Gasteiger partial charge on any atom is 0.219 e. The standard InChI is InChI=1S/C16H18ClFN2O/c1-10(2)15-6-11(9-19-3)7-16(20-15)21-12-4-5-13(17)14(18)8-12/h4-8,10,19H,9H2,1-3H3. The van der Waals surface area contributed by atoms with Gasteiger partial charge in [-0.25, -0.2) is 9.37 Å². The largest absolute Gasteiger partial charge is 0.439 e. The third-order valence-electron chi connectivity index (χ3n) is 2.97. The van der Waals surface area contributed by atoms with Crippen molar-refractivity contribution < 1.29 is 9.13 Å². The summed E-state index contributed by atoms with van der Waals surface area (Å²) in [7, 11) is 1.88. The molecule has 0 radical (unpaired) electrons. The molecule has 3 nitrogen and oxygen atoms in total. The van der Waals surface area contributed by atoms with Crippen molar-refractivity contribution in [2.75, 3.05) is 7.05 Å². The number of nitrogens with zero attached hydrogens (tertiary/aromatic N) is 1. The number of ether oxygens (including phenoxy) is 1. The van der Waals surface area contributed by atoms with Gasteiger partial charge in [0.1, 0.15) is 11.6 Å². The van der Waals surface area contributed by atoms with E-state index in [4.69, 9.17) is 16.3 Å². The summed E-state index contributed by atoms with van der Waals surface area (Å²) in [4.78, 5) is 4.46. The number of nitrogens with one attached hydrogen (secondary N) is 1. The predicted octanol–water partition coefficient (Wildman–Crippen LogP) is 4.51. The zero-order chi connectivity index (χ0) is 15.4. The second kappa shape index (κ2) is 6.87. The van der Waals surface area contributed by atoms with Gasteiger partial charge in [0.05, 0.1) is 5.02 Å². The molecule has 2 rings (SSSR count). The van der Waals surface area contributed by atoms with Crippen LogP contribution in [0.2, 0.25) is 5.02 Å². The zero-order valence-corrected chi connectivity index (χ0v) is 13.0. The lowest BCUT2D eigenvalue weighted by atomic mass is 10.1. The van der Waals surface area contributed by atoms with E-state index in [0.717, 1.165) is 11.3 Å². The molecule has 5 heteroatoms. The van der Waals surface area contributed by atoms with Crippen molar-refractivity contribution in [2.45, 2.75) is 26.3 Å². The number of rotatable bonds is 5. The van der Waals surface area contributed by atoms with E-state index in [9.17, 15) is 4.39 Å². The summed E-state index contributed by atoms with van der Waals surface area (Å²) in [6.07, 6.45) is 0. The van der Waals surface area contributed by atoms with Crippen LogP contribution in [0.15, 0.2) is 30.3 Å². The van der Waals surface area contributed by atoms with Crippen LogP contribution in [0.3, 0.4) is 0 Å². The Bertz CT molecular complexity index is 632. The van der Waals surface area contributed by atoms with Gasteiger partial charge in [-0.1, -0.05) is 25.4 Å². The monoisotopic (exact) mass is 308 g/mol. The van der Waals surface area contributed by atoms with Gasteiger partial charge in [0.25, 0.3) is 0 Å². The molecular weight excluding hydrogens is 291 g/mol. The first kappa shape index (κ1) is 15.7. The van der Waals surface area contributed by atoms with Crippen LogP contribution in [0.5, 0.6) is 11.6 Å². The van der Waals surface area contributed by atoms with E-state index in [-0.39, 0.29) is 10.9 Å². The minimum absolute atomic E-state index is 0.0714. The van der Waals surface area contributed by atoms with Gasteiger partial charge in [0, 0.05) is 24.4 Å². The number of hydrogen-bond donors (Lipinski definition) is 1. The molecule has 0 unspecified atom stereocenters. The van der Waals surface area contributed by atoms with Gasteiger partial charge >= 0.3 is 0 Å². The highest BCUT2D eigenvalue weighted by atomic mass is 35.5. The van der Waals surface area contributed by atoms with E-state index in [1.165, 1.54) is 12.1 Å². The lowest BCUT2D eigenvalue weighted by molar-refractivity contribution is 0.454. The molecule has 2 aromatic rings. The molecule has 0 fully saturated rings. The van der Waals surface area contributed by atoms with E-state index in [0.29, 0.717) is 18.2 Å². The topological polar surface area (TPSA) is 34.1 Å². The molecule has 1 aromatic heterocycles. The van der Waals surface area contributed by atoms with Crippen molar-refractivity contribution in [3.63, 3.8) is 0 Å². The van der Waals surface area contributed by atoms with Gasteiger partial charge in [0.2, 0.25) is 5.88 Å². The highest BCUT2D eigenvalue weighted by molar-refractivity contribution is 6.30. The summed E-state index contributed by atoms with van der Waals surface area (Å²) in [6.45, 7) is 4.85. The SMILES string of the molecule is CNCc1cc(Oc2ccc(Cl)c(F)c2)nc(C(C)C)c1. The first-order chi connectivity index (χ1) is 9.99. The second-order valence-electron chi connectivity index (χ2n) is 5.10. The maximum absolute atomic E-state index is 13.4. The molecule has 0 saturated heterocycles. The number of halogens is 2. The summed E-state index contributed by atoms with van der Waals surface area (Å²) in [5.41, 5.74) is 2.01. The average Bonchev–Trinajstić information content (AvgIpc) is 2.43. The molecule has 0 aliphatic rings. The molecule has 0 amide bonds. The van der Waals surface area contributed by atoms with Crippen LogP contribution in [0, 0.1) is 5.82 Å². The van der Waals surface area contributed by atoms with Gasteiger partial charge in [0.15, 0.2) is 0 Å². The minimum Gasteiger partial charge on any atom is -0.439 e. The molecule has 0 spiro atoms. The molecule has 112 valence electrons. The van der Waals surface area contributed by atoms with E-state index in [1.54, 1.807) is 6.07 Å². The third-order valence-corrected chi connectivity index (χ3v) is 3.27. The highest BCUT2D eigenvalue weighted by Gasteiger charge is 2.09. The number of benzene rings is 1. The normalized spacial score (nSPS) is 11.0. The number of hydrogen-bond acceptors (Lipinski definition) is 3. The fourth-order valence-electron chi connectivity index (χ4n) is 1.90. The van der Waals surface area contributed by atoms with Gasteiger partial charge in [-0.05, 0) is 36.7 Å². The zero-order valence-electron chi connectivity index (χ0n) is 12.3. The molecule has 0 aliphatic carbocycles. The second-order valence-corrected chi connectivity index (χ2v) is 5.51. The Kier molecular flexibility index (Phi) is 5.15. The van der Waals surface area contributed by atoms with Crippen LogP contribution in [-0.4, -0.2) is 12.0 Å². The van der Waals surface area contributed by atoms with Crippen LogP contribution < -0.4 is 10.1 Å². The summed E-state index contributed by atoms with van der Waals surface area (Å²) in [5.74, 6) is 0.602. The highest BCUT2D eigenvalue weighted by Crippen LogP contribution is 2.26. The van der Waals surface area contributed by atoms with Gasteiger partial charge in [-0.15, -0.1) is 0 Å². The molecule has 0 aliphatic heterocycles. The minimum atomic E-state index is -0.510. The molecule has 0 atom stereocenters. The quantitative estimate of drug-likeness (QED) is 0.882. The fraction of sp³-hybridized carbons (Fsp3) is 0.312. The Hall–Kier alpha value is -1.65. The van der Waals surface area contributed by atoms with Gasteiger partial charge < -0.3 is 10.1 Å². The van der Waals surface area contributed by atoms with Crippen LogP contribution >= 0.6 is 11.6 Å². The first-order valence-corrected chi connectivity index (χ1v) is 7.15. The molecule has 0 saturated carbocycles. The van der Waals surface area contributed by atoms with Crippen LogP contribution in [0.1, 0.15) is 31.0 Å². The molecular formula is C16H18ClFN2O. The third kappa shape index (κ3) is 4.16. The first-order valence-electron chi connectivity index (χ1n) is 6.78. The Balaban J connectivity index is 2.31. The van der Waals surface area contributed by atoms with Crippen molar-refractivity contribution in [1.82, 2.24) is 10.3 Å². The summed E-state index contributed by atoms with van der Waals surface area (Å²) in [5, 5.41) is 3.17. The summed E-state index contributed by atoms with van der Waals surface area (Å²) >= 11 is 5.66. The summed E-state index contributed by atoms with van der Waals surface area (Å²) in [6, 6.07) is 8.22. The van der Waals surface area contributed by atoms with Crippen LogP contribution in [-0.2, 0) is 6.54 Å². The van der Waals surface area contributed by atoms with Crippen LogP contribution in [0.25, 0.3) is 0 Å². The number of pyridine rings is 1. The van der Waals surface area contributed by atoms with Crippen molar-refractivity contribution in [3.8, 4) is 11.6 Å². The lowest BCUT2D eigenvalue weighted by Crippen LogP contribution is -2.07.